The van der Waals surface area contributed by atoms with Crippen molar-refractivity contribution in [1.29, 1.82) is 0 Å². The summed E-state index contributed by atoms with van der Waals surface area (Å²) >= 11 is 0. The second kappa shape index (κ2) is 17.7. The average molecular weight is 766 g/mol. The number of para-hydroxylation sites is 2. The van der Waals surface area contributed by atoms with Gasteiger partial charge >= 0.3 is 0 Å². The second-order valence-corrected chi connectivity index (χ2v) is 15.2. The summed E-state index contributed by atoms with van der Waals surface area (Å²) in [6.07, 6.45) is 38.6. The standard InChI is InChI=1S/C57H51NO/c1-5-43(50(7-3)44-23-11-8-12-24-44)39-40-58(49(6-2)31-21-25-45-26-22-34-53-52-33-18-20-36-55(52)59-56(45)53)42(4)37-38-46-41-57(47-27-13-9-14-28-47,48-29-15-10-16-30-48)54-35-19-17-32-51(46)54/h5-9,11-15,17-23,25-30,32-39,41,49H,1-4,10,16,24,31,40H2/b25-21+,38-37-,43-39-,50-44-. The first-order valence-electron chi connectivity index (χ1n) is 20.7. The Morgan fingerprint density at radius 3 is 2.39 bits per heavy atom. The van der Waals surface area contributed by atoms with Crippen molar-refractivity contribution in [3.8, 4) is 0 Å². The van der Waals surface area contributed by atoms with Crippen molar-refractivity contribution < 1.29 is 4.42 Å². The fourth-order valence-electron chi connectivity index (χ4n) is 8.84. The molecule has 2 nitrogen and oxygen atoms in total. The van der Waals surface area contributed by atoms with Gasteiger partial charge in [0.1, 0.15) is 11.2 Å². The van der Waals surface area contributed by atoms with Gasteiger partial charge in [-0.2, -0.15) is 0 Å². The summed E-state index contributed by atoms with van der Waals surface area (Å²) in [4.78, 5) is 2.33. The topological polar surface area (TPSA) is 16.4 Å². The molecule has 0 amide bonds. The van der Waals surface area contributed by atoms with Gasteiger partial charge in [-0.15, -0.1) is 6.58 Å². The van der Waals surface area contributed by atoms with E-state index in [4.69, 9.17) is 11.0 Å². The van der Waals surface area contributed by atoms with Crippen molar-refractivity contribution in [2.45, 2.75) is 37.1 Å². The van der Waals surface area contributed by atoms with Crippen molar-refractivity contribution in [1.82, 2.24) is 4.90 Å². The number of fused-ring (bicyclic) bond motifs is 4. The van der Waals surface area contributed by atoms with Crippen molar-refractivity contribution >= 4 is 33.6 Å². The molecule has 3 aliphatic carbocycles. The molecule has 0 spiro atoms. The number of benzene rings is 4. The summed E-state index contributed by atoms with van der Waals surface area (Å²) in [7, 11) is 0. The summed E-state index contributed by atoms with van der Waals surface area (Å²) in [5.41, 5.74) is 13.0. The Morgan fingerprint density at radius 1 is 0.797 bits per heavy atom. The Kier molecular flexibility index (Phi) is 11.7. The highest BCUT2D eigenvalue weighted by atomic mass is 16.3. The lowest BCUT2D eigenvalue weighted by molar-refractivity contribution is 0.333. The van der Waals surface area contributed by atoms with Gasteiger partial charge in [0, 0.05) is 28.6 Å². The van der Waals surface area contributed by atoms with E-state index in [1.807, 2.05) is 30.4 Å². The van der Waals surface area contributed by atoms with Crippen LogP contribution in [0.1, 0.15) is 47.9 Å². The molecule has 0 saturated carbocycles. The van der Waals surface area contributed by atoms with Crippen LogP contribution in [0.3, 0.4) is 0 Å². The van der Waals surface area contributed by atoms with Crippen LogP contribution in [-0.2, 0) is 5.41 Å². The third kappa shape index (κ3) is 7.75. The van der Waals surface area contributed by atoms with Gasteiger partial charge in [-0.05, 0) is 82.4 Å². The Labute approximate surface area is 350 Å². The molecule has 1 aromatic heterocycles. The van der Waals surface area contributed by atoms with Crippen LogP contribution in [-0.4, -0.2) is 17.5 Å². The van der Waals surface area contributed by atoms with Gasteiger partial charge in [-0.1, -0.05) is 202 Å². The smallest absolute Gasteiger partial charge is 0.142 e. The fraction of sp³-hybridized carbons (Fsp3) is 0.123. The first-order chi connectivity index (χ1) is 29.0. The van der Waals surface area contributed by atoms with Crippen molar-refractivity contribution in [3.05, 3.63) is 265 Å². The van der Waals surface area contributed by atoms with Crippen LogP contribution >= 0.6 is 0 Å². The number of rotatable bonds is 15. The Bertz CT molecular complexity index is 2710. The summed E-state index contributed by atoms with van der Waals surface area (Å²) < 4.78 is 6.34. The molecule has 2 atom stereocenters. The van der Waals surface area contributed by atoms with Gasteiger partial charge in [-0.3, -0.25) is 0 Å². The number of hydrogen-bond acceptors (Lipinski definition) is 2. The molecule has 3 aliphatic rings. The van der Waals surface area contributed by atoms with Crippen LogP contribution in [0.4, 0.5) is 0 Å². The van der Waals surface area contributed by atoms with E-state index in [2.05, 4.69) is 189 Å². The molecule has 0 saturated heterocycles. The average Bonchev–Trinajstić information content (AvgIpc) is 3.85. The zero-order valence-corrected chi connectivity index (χ0v) is 33.8. The van der Waals surface area contributed by atoms with E-state index in [-0.39, 0.29) is 11.5 Å². The van der Waals surface area contributed by atoms with Gasteiger partial charge in [-0.25, -0.2) is 0 Å². The minimum atomic E-state index is -0.383. The quantitative estimate of drug-likeness (QED) is 0.0779. The van der Waals surface area contributed by atoms with E-state index in [0.717, 1.165) is 70.0 Å². The highest BCUT2D eigenvalue weighted by Crippen LogP contribution is 2.51. The van der Waals surface area contributed by atoms with E-state index in [1.165, 1.54) is 33.4 Å². The third-order valence-electron chi connectivity index (χ3n) is 11.8. The van der Waals surface area contributed by atoms with E-state index in [1.54, 1.807) is 0 Å². The maximum Gasteiger partial charge on any atom is 0.142 e. The van der Waals surface area contributed by atoms with Crippen LogP contribution in [0, 0.1) is 0 Å². The normalized spacial score (nSPS) is 18.9. The molecular weight excluding hydrogens is 715 g/mol. The second-order valence-electron chi connectivity index (χ2n) is 15.2. The number of hydrogen-bond donors (Lipinski definition) is 0. The monoisotopic (exact) mass is 765 g/mol. The Hall–Kier alpha value is -6.90. The molecule has 290 valence electrons. The molecule has 2 heteroatoms. The van der Waals surface area contributed by atoms with E-state index < -0.39 is 0 Å². The molecule has 59 heavy (non-hydrogen) atoms. The highest BCUT2D eigenvalue weighted by Gasteiger charge is 2.41. The van der Waals surface area contributed by atoms with Crippen molar-refractivity contribution in [2.75, 3.05) is 6.54 Å². The first kappa shape index (κ1) is 38.9. The van der Waals surface area contributed by atoms with Gasteiger partial charge in [0.25, 0.3) is 0 Å². The molecule has 5 aromatic rings. The Balaban J connectivity index is 1.15. The minimum absolute atomic E-state index is 0.0521. The van der Waals surface area contributed by atoms with E-state index >= 15 is 0 Å². The van der Waals surface area contributed by atoms with Crippen LogP contribution in [0.2, 0.25) is 0 Å². The zero-order valence-electron chi connectivity index (χ0n) is 33.8. The molecule has 8 rings (SSSR count). The largest absolute Gasteiger partial charge is 0.455 e. The number of allylic oxidation sites excluding steroid dienone is 17. The minimum Gasteiger partial charge on any atom is -0.455 e. The Morgan fingerprint density at radius 2 is 1.61 bits per heavy atom. The van der Waals surface area contributed by atoms with Gasteiger partial charge in [0.2, 0.25) is 0 Å². The first-order valence-corrected chi connectivity index (χ1v) is 20.7. The van der Waals surface area contributed by atoms with Crippen LogP contribution in [0.15, 0.2) is 247 Å². The van der Waals surface area contributed by atoms with Crippen LogP contribution in [0.25, 0.3) is 33.6 Å². The summed E-state index contributed by atoms with van der Waals surface area (Å²) in [6.45, 7) is 18.1. The summed E-state index contributed by atoms with van der Waals surface area (Å²) in [5, 5.41) is 2.25. The maximum absolute atomic E-state index is 6.34. The number of furan rings is 1. The molecule has 1 heterocycles. The molecular formula is C57H51NO. The molecule has 0 N–H and O–H groups in total. The van der Waals surface area contributed by atoms with Crippen molar-refractivity contribution in [2.24, 2.45) is 0 Å². The van der Waals surface area contributed by atoms with E-state index in [0.29, 0.717) is 6.54 Å². The summed E-state index contributed by atoms with van der Waals surface area (Å²) in [5.74, 6) is 0. The van der Waals surface area contributed by atoms with Gasteiger partial charge in [0.05, 0.1) is 11.5 Å². The zero-order chi connectivity index (χ0) is 40.6. The predicted molar refractivity (Wildman–Crippen MR) is 253 cm³/mol. The maximum atomic E-state index is 6.34. The molecule has 0 fully saturated rings. The lowest BCUT2D eigenvalue weighted by Gasteiger charge is -2.33. The lowest BCUT2D eigenvalue weighted by Crippen LogP contribution is -2.32. The number of nitrogens with zero attached hydrogens (tertiary/aromatic N) is 1. The van der Waals surface area contributed by atoms with Crippen LogP contribution in [0.5, 0.6) is 0 Å². The highest BCUT2D eigenvalue weighted by molar-refractivity contribution is 6.07. The predicted octanol–water partition coefficient (Wildman–Crippen LogP) is 14.7. The SMILES string of the molecule is C=CC(=C/CN(C(=C)/C=C\C1=CC(C2=CCCC=C2)(c2ccccc2)c2ccccc21)C(C=C)C/C=C/c1cccc2c1oc1ccccc12)/C(C=C)=C1/C=CC=CC1. The molecule has 4 aromatic carbocycles. The van der Waals surface area contributed by atoms with Crippen molar-refractivity contribution in [3.63, 3.8) is 0 Å². The molecule has 2 unspecified atom stereocenters. The van der Waals surface area contributed by atoms with Crippen LogP contribution < -0.4 is 0 Å². The molecule has 0 radical (unpaired) electrons. The molecule has 0 bridgehead atoms. The van der Waals surface area contributed by atoms with Gasteiger partial charge in [0.15, 0.2) is 0 Å². The lowest BCUT2D eigenvalue weighted by atomic mass is 9.69. The van der Waals surface area contributed by atoms with E-state index in [9.17, 15) is 0 Å². The van der Waals surface area contributed by atoms with Gasteiger partial charge < -0.3 is 9.32 Å². The summed E-state index contributed by atoms with van der Waals surface area (Å²) in [6, 6.07) is 34.3. The molecule has 0 aliphatic heterocycles. The third-order valence-corrected chi connectivity index (χ3v) is 11.8. The fourth-order valence-corrected chi connectivity index (χ4v) is 8.84.